The minimum atomic E-state index is -0.221. The summed E-state index contributed by atoms with van der Waals surface area (Å²) in [5.74, 6) is 1.32. The van der Waals surface area contributed by atoms with Gasteiger partial charge >= 0.3 is 0 Å². The highest BCUT2D eigenvalue weighted by atomic mass is 16.5. The molecule has 3 rings (SSSR count). The molecule has 1 aromatic heterocycles. The average molecular weight is 318 g/mol. The van der Waals surface area contributed by atoms with Gasteiger partial charge in [-0.25, -0.2) is 4.98 Å². The molecule has 0 aliphatic carbocycles. The number of hydrogen-bond acceptors (Lipinski definition) is 5. The van der Waals surface area contributed by atoms with Crippen LogP contribution in [0.2, 0.25) is 0 Å². The summed E-state index contributed by atoms with van der Waals surface area (Å²) < 4.78 is 10.7. The van der Waals surface area contributed by atoms with Gasteiger partial charge in [-0.15, -0.1) is 0 Å². The van der Waals surface area contributed by atoms with Gasteiger partial charge in [-0.1, -0.05) is 30.3 Å². The fourth-order valence-corrected chi connectivity index (χ4v) is 2.17. The van der Waals surface area contributed by atoms with Crippen molar-refractivity contribution in [3.05, 3.63) is 78.0 Å². The molecule has 2 aromatic carbocycles. The normalized spacial score (nSPS) is 10.1. The minimum Gasteiger partial charge on any atom is -0.457 e. The number of benzene rings is 2. The zero-order valence-corrected chi connectivity index (χ0v) is 12.8. The second-order valence-corrected chi connectivity index (χ2v) is 5.12. The summed E-state index contributed by atoms with van der Waals surface area (Å²) in [6.45, 7) is 0. The SMILES string of the molecule is N#Cc1cnc(C(=O)CCc2ccc(Oc3ccccc3)cc2)o1. The van der Waals surface area contributed by atoms with Crippen molar-refractivity contribution in [2.45, 2.75) is 12.8 Å². The Labute approximate surface area is 139 Å². The standard InChI is InChI=1S/C19H14N2O3/c20-12-17-13-21-19(24-17)18(22)11-8-14-6-9-16(10-7-14)23-15-4-2-1-3-5-15/h1-7,9-10,13H,8,11H2. The molecule has 0 atom stereocenters. The lowest BCUT2D eigenvalue weighted by atomic mass is 10.1. The summed E-state index contributed by atoms with van der Waals surface area (Å²) in [6.07, 6.45) is 2.09. The number of nitriles is 1. The molecule has 0 saturated heterocycles. The molecule has 0 saturated carbocycles. The molecular formula is C19H14N2O3. The molecule has 0 aliphatic rings. The zero-order chi connectivity index (χ0) is 16.8. The predicted molar refractivity (Wildman–Crippen MR) is 86.8 cm³/mol. The second kappa shape index (κ2) is 7.25. The molecule has 24 heavy (non-hydrogen) atoms. The lowest BCUT2D eigenvalue weighted by Gasteiger charge is -2.06. The summed E-state index contributed by atoms with van der Waals surface area (Å²) in [6, 6.07) is 18.9. The highest BCUT2D eigenvalue weighted by Crippen LogP contribution is 2.21. The molecule has 118 valence electrons. The van der Waals surface area contributed by atoms with Crippen molar-refractivity contribution in [1.82, 2.24) is 4.98 Å². The van der Waals surface area contributed by atoms with Gasteiger partial charge in [0, 0.05) is 6.42 Å². The van der Waals surface area contributed by atoms with E-state index in [1.165, 1.54) is 6.20 Å². The molecule has 1 heterocycles. The third kappa shape index (κ3) is 3.87. The molecule has 0 amide bonds. The van der Waals surface area contributed by atoms with Crippen LogP contribution >= 0.6 is 0 Å². The van der Waals surface area contributed by atoms with E-state index in [1.807, 2.05) is 54.6 Å². The van der Waals surface area contributed by atoms with Crippen molar-refractivity contribution in [3.63, 3.8) is 0 Å². The maximum Gasteiger partial charge on any atom is 0.264 e. The lowest BCUT2D eigenvalue weighted by molar-refractivity contribution is 0.0949. The summed E-state index contributed by atoms with van der Waals surface area (Å²) in [7, 11) is 0. The van der Waals surface area contributed by atoms with E-state index < -0.39 is 0 Å². The Hall–Kier alpha value is -3.39. The van der Waals surface area contributed by atoms with Gasteiger partial charge in [-0.05, 0) is 36.2 Å². The van der Waals surface area contributed by atoms with Gasteiger partial charge in [0.05, 0.1) is 6.20 Å². The van der Waals surface area contributed by atoms with Crippen molar-refractivity contribution >= 4 is 5.78 Å². The first-order valence-electron chi connectivity index (χ1n) is 7.45. The van der Waals surface area contributed by atoms with E-state index in [2.05, 4.69) is 4.98 Å². The van der Waals surface area contributed by atoms with Crippen molar-refractivity contribution in [2.24, 2.45) is 0 Å². The Morgan fingerprint density at radius 1 is 1.08 bits per heavy atom. The highest BCUT2D eigenvalue weighted by molar-refractivity contribution is 5.91. The third-order valence-corrected chi connectivity index (χ3v) is 3.40. The van der Waals surface area contributed by atoms with Crippen molar-refractivity contribution in [1.29, 1.82) is 5.26 Å². The molecular weight excluding hydrogens is 304 g/mol. The summed E-state index contributed by atoms with van der Waals surface area (Å²) in [4.78, 5) is 15.8. The Morgan fingerprint density at radius 2 is 1.79 bits per heavy atom. The Bertz CT molecular complexity index is 862. The van der Waals surface area contributed by atoms with Gasteiger partial charge in [0.2, 0.25) is 11.5 Å². The summed E-state index contributed by atoms with van der Waals surface area (Å²) >= 11 is 0. The monoisotopic (exact) mass is 318 g/mol. The maximum atomic E-state index is 12.0. The topological polar surface area (TPSA) is 76.1 Å². The van der Waals surface area contributed by atoms with Crippen LogP contribution in [0, 0.1) is 11.3 Å². The molecule has 0 fully saturated rings. The number of hydrogen-bond donors (Lipinski definition) is 0. The van der Waals surface area contributed by atoms with E-state index in [0.29, 0.717) is 6.42 Å². The fraction of sp³-hybridized carbons (Fsp3) is 0.105. The molecule has 3 aromatic rings. The first kappa shape index (κ1) is 15.5. The van der Waals surface area contributed by atoms with E-state index in [9.17, 15) is 4.79 Å². The van der Waals surface area contributed by atoms with E-state index in [-0.39, 0.29) is 23.9 Å². The molecule has 5 nitrogen and oxygen atoms in total. The first-order chi connectivity index (χ1) is 11.7. The maximum absolute atomic E-state index is 12.0. The number of aryl methyl sites for hydroxylation is 1. The number of Topliss-reactive ketones (excluding diaryl/α,β-unsaturated/α-hetero) is 1. The zero-order valence-electron chi connectivity index (χ0n) is 12.8. The van der Waals surface area contributed by atoms with Crippen LogP contribution in [-0.2, 0) is 6.42 Å². The highest BCUT2D eigenvalue weighted by Gasteiger charge is 2.13. The van der Waals surface area contributed by atoms with Gasteiger partial charge in [0.25, 0.3) is 5.89 Å². The van der Waals surface area contributed by atoms with Crippen LogP contribution in [0.3, 0.4) is 0 Å². The van der Waals surface area contributed by atoms with Crippen LogP contribution in [-0.4, -0.2) is 10.8 Å². The largest absolute Gasteiger partial charge is 0.457 e. The lowest BCUT2D eigenvalue weighted by Crippen LogP contribution is -2.01. The van der Waals surface area contributed by atoms with E-state index >= 15 is 0 Å². The summed E-state index contributed by atoms with van der Waals surface area (Å²) in [5, 5.41) is 8.67. The number of ether oxygens (including phenoxy) is 1. The second-order valence-electron chi connectivity index (χ2n) is 5.12. The minimum absolute atomic E-state index is 0.0180. The van der Waals surface area contributed by atoms with Crippen molar-refractivity contribution in [3.8, 4) is 17.6 Å². The average Bonchev–Trinajstić information content (AvgIpc) is 3.11. The third-order valence-electron chi connectivity index (χ3n) is 3.40. The van der Waals surface area contributed by atoms with Crippen LogP contribution in [0.15, 0.2) is 65.2 Å². The van der Waals surface area contributed by atoms with Crippen LogP contribution in [0.25, 0.3) is 0 Å². The van der Waals surface area contributed by atoms with Gasteiger partial charge in [0.1, 0.15) is 17.6 Å². The van der Waals surface area contributed by atoms with Crippen molar-refractivity contribution < 1.29 is 13.9 Å². The molecule has 5 heteroatoms. The molecule has 0 radical (unpaired) electrons. The quantitative estimate of drug-likeness (QED) is 0.638. The number of aromatic nitrogens is 1. The molecule has 0 spiro atoms. The van der Waals surface area contributed by atoms with E-state index in [0.717, 1.165) is 17.1 Å². The van der Waals surface area contributed by atoms with E-state index in [4.69, 9.17) is 14.4 Å². The smallest absolute Gasteiger partial charge is 0.264 e. The number of nitrogens with zero attached hydrogens (tertiary/aromatic N) is 2. The Kier molecular flexibility index (Phi) is 4.68. The van der Waals surface area contributed by atoms with Crippen LogP contribution < -0.4 is 4.74 Å². The molecule has 0 bridgehead atoms. The predicted octanol–water partition coefficient (Wildman–Crippen LogP) is 4.15. The van der Waals surface area contributed by atoms with Gasteiger partial charge < -0.3 is 9.15 Å². The van der Waals surface area contributed by atoms with Gasteiger partial charge in [-0.3, -0.25) is 4.79 Å². The number of carbonyl (C=O) groups excluding carboxylic acids is 1. The molecule has 0 aliphatic heterocycles. The van der Waals surface area contributed by atoms with Gasteiger partial charge in [0.15, 0.2) is 0 Å². The number of rotatable bonds is 6. The van der Waals surface area contributed by atoms with Gasteiger partial charge in [-0.2, -0.15) is 5.26 Å². The number of para-hydroxylation sites is 1. The number of ketones is 1. The number of carbonyl (C=O) groups is 1. The van der Waals surface area contributed by atoms with Crippen molar-refractivity contribution in [2.75, 3.05) is 0 Å². The van der Waals surface area contributed by atoms with E-state index in [1.54, 1.807) is 6.07 Å². The molecule has 0 unspecified atom stereocenters. The van der Waals surface area contributed by atoms with Crippen LogP contribution in [0.4, 0.5) is 0 Å². The number of oxazole rings is 1. The Balaban J connectivity index is 1.56. The Morgan fingerprint density at radius 3 is 2.46 bits per heavy atom. The molecule has 0 N–H and O–H groups in total. The summed E-state index contributed by atoms with van der Waals surface area (Å²) in [5.41, 5.74) is 1.01. The van der Waals surface area contributed by atoms with Crippen LogP contribution in [0.5, 0.6) is 11.5 Å². The fourth-order valence-electron chi connectivity index (χ4n) is 2.17. The van der Waals surface area contributed by atoms with Crippen LogP contribution in [0.1, 0.15) is 28.4 Å². The first-order valence-corrected chi connectivity index (χ1v) is 7.45.